The van der Waals surface area contributed by atoms with Crippen LogP contribution >= 0.6 is 0 Å². The summed E-state index contributed by atoms with van der Waals surface area (Å²) < 4.78 is 0. The molecule has 0 bridgehead atoms. The zero-order chi connectivity index (χ0) is 8.67. The van der Waals surface area contributed by atoms with E-state index in [0.29, 0.717) is 5.92 Å². The zero-order valence-electron chi connectivity index (χ0n) is 7.40. The second-order valence-electron chi connectivity index (χ2n) is 3.70. The maximum Gasteiger partial charge on any atom is 0.132 e. The SMILES string of the molecule is c1ccc2c(c1)[N]C(C1CCC1)=N2. The highest BCUT2D eigenvalue weighted by Gasteiger charge is 2.28. The molecule has 0 N–H and O–H groups in total. The largest absolute Gasteiger partial charge is 0.231 e. The van der Waals surface area contributed by atoms with E-state index in [1.165, 1.54) is 19.3 Å². The van der Waals surface area contributed by atoms with Crippen LogP contribution in [0, 0.1) is 5.92 Å². The molecule has 1 fully saturated rings. The van der Waals surface area contributed by atoms with Crippen LogP contribution in [0.3, 0.4) is 0 Å². The summed E-state index contributed by atoms with van der Waals surface area (Å²) in [4.78, 5) is 4.52. The van der Waals surface area contributed by atoms with Gasteiger partial charge in [-0.2, -0.15) is 0 Å². The first kappa shape index (κ1) is 7.13. The van der Waals surface area contributed by atoms with E-state index in [-0.39, 0.29) is 0 Å². The Labute approximate surface area is 77.7 Å². The van der Waals surface area contributed by atoms with E-state index >= 15 is 0 Å². The molecule has 2 heteroatoms. The minimum absolute atomic E-state index is 0.646. The van der Waals surface area contributed by atoms with E-state index in [2.05, 4.69) is 10.3 Å². The average molecular weight is 171 g/mol. The summed E-state index contributed by atoms with van der Waals surface area (Å²) in [5, 5.41) is 4.52. The molecule has 1 aromatic carbocycles. The van der Waals surface area contributed by atoms with Crippen molar-refractivity contribution in [3.8, 4) is 0 Å². The van der Waals surface area contributed by atoms with Gasteiger partial charge < -0.3 is 0 Å². The van der Waals surface area contributed by atoms with E-state index in [9.17, 15) is 0 Å². The van der Waals surface area contributed by atoms with E-state index < -0.39 is 0 Å². The second kappa shape index (κ2) is 2.59. The molecule has 0 aromatic heterocycles. The van der Waals surface area contributed by atoms with Gasteiger partial charge in [-0.1, -0.05) is 18.6 Å². The van der Waals surface area contributed by atoms with Crippen molar-refractivity contribution in [1.82, 2.24) is 5.32 Å². The Morgan fingerprint density at radius 3 is 2.46 bits per heavy atom. The van der Waals surface area contributed by atoms with Crippen molar-refractivity contribution < 1.29 is 0 Å². The third-order valence-corrected chi connectivity index (χ3v) is 2.82. The standard InChI is InChI=1S/C11H11N2/c1-2-7-10-9(6-1)12-11(13-10)8-4-3-5-8/h1-2,6-8H,3-5H2. The molecule has 2 aliphatic rings. The van der Waals surface area contributed by atoms with Gasteiger partial charge in [0.05, 0.1) is 11.4 Å². The van der Waals surface area contributed by atoms with Crippen LogP contribution in [0.15, 0.2) is 29.3 Å². The van der Waals surface area contributed by atoms with Crippen LogP contribution in [0.1, 0.15) is 19.3 Å². The van der Waals surface area contributed by atoms with Crippen LogP contribution in [-0.4, -0.2) is 5.84 Å². The normalized spacial score (nSPS) is 20.2. The van der Waals surface area contributed by atoms with Gasteiger partial charge in [0.25, 0.3) is 0 Å². The summed E-state index contributed by atoms with van der Waals surface area (Å²) >= 11 is 0. The number of rotatable bonds is 1. The third kappa shape index (κ3) is 1.05. The Hall–Kier alpha value is -1.31. The van der Waals surface area contributed by atoms with Crippen LogP contribution < -0.4 is 5.32 Å². The fraction of sp³-hybridized carbons (Fsp3) is 0.364. The summed E-state index contributed by atoms with van der Waals surface area (Å²) in [5.74, 6) is 1.71. The van der Waals surface area contributed by atoms with E-state index in [4.69, 9.17) is 0 Å². The second-order valence-corrected chi connectivity index (χ2v) is 3.70. The van der Waals surface area contributed by atoms with E-state index in [1.54, 1.807) is 0 Å². The smallest absolute Gasteiger partial charge is 0.132 e. The van der Waals surface area contributed by atoms with Gasteiger partial charge in [0, 0.05) is 5.92 Å². The predicted molar refractivity (Wildman–Crippen MR) is 52.7 cm³/mol. The molecule has 0 saturated heterocycles. The molecular weight excluding hydrogens is 160 g/mol. The summed E-state index contributed by atoms with van der Waals surface area (Å²) in [6.07, 6.45) is 3.89. The highest BCUT2D eigenvalue weighted by Crippen LogP contribution is 2.36. The lowest BCUT2D eigenvalue weighted by Crippen LogP contribution is -2.25. The van der Waals surface area contributed by atoms with Crippen LogP contribution in [0.4, 0.5) is 11.4 Å². The summed E-state index contributed by atoms with van der Waals surface area (Å²) in [6.45, 7) is 0. The van der Waals surface area contributed by atoms with Gasteiger partial charge in [0.2, 0.25) is 0 Å². The van der Waals surface area contributed by atoms with Crippen molar-refractivity contribution in [1.29, 1.82) is 0 Å². The molecule has 3 rings (SSSR count). The molecule has 1 radical (unpaired) electrons. The Morgan fingerprint density at radius 2 is 1.85 bits per heavy atom. The van der Waals surface area contributed by atoms with Gasteiger partial charge in [-0.3, -0.25) is 0 Å². The number of benzene rings is 1. The molecule has 1 aromatic rings. The molecule has 1 saturated carbocycles. The van der Waals surface area contributed by atoms with Gasteiger partial charge in [-0.15, -0.1) is 0 Å². The van der Waals surface area contributed by atoms with Crippen LogP contribution in [-0.2, 0) is 0 Å². The molecule has 13 heavy (non-hydrogen) atoms. The maximum absolute atomic E-state index is 4.52. The van der Waals surface area contributed by atoms with Gasteiger partial charge in [0.1, 0.15) is 5.84 Å². The molecule has 0 amide bonds. The molecule has 0 unspecified atom stereocenters. The number of aliphatic imine (C=N–C) groups is 1. The Morgan fingerprint density at radius 1 is 1.08 bits per heavy atom. The molecule has 1 aliphatic carbocycles. The quantitative estimate of drug-likeness (QED) is 0.621. The first-order chi connectivity index (χ1) is 6.43. The van der Waals surface area contributed by atoms with Gasteiger partial charge in [0.15, 0.2) is 0 Å². The minimum atomic E-state index is 0.646. The first-order valence-electron chi connectivity index (χ1n) is 4.83. The minimum Gasteiger partial charge on any atom is -0.231 e. The lowest BCUT2D eigenvalue weighted by atomic mass is 9.84. The van der Waals surface area contributed by atoms with Gasteiger partial charge in [-0.25, -0.2) is 10.3 Å². The van der Waals surface area contributed by atoms with Crippen molar-refractivity contribution in [2.75, 3.05) is 0 Å². The molecule has 0 atom stereocenters. The number of nitrogens with zero attached hydrogens (tertiary/aromatic N) is 2. The fourth-order valence-corrected chi connectivity index (χ4v) is 1.77. The number of hydrogen-bond donors (Lipinski definition) is 0. The van der Waals surface area contributed by atoms with Gasteiger partial charge >= 0.3 is 0 Å². The number of amidine groups is 1. The molecule has 1 aliphatic heterocycles. The van der Waals surface area contributed by atoms with E-state index in [1.807, 2.05) is 24.3 Å². The lowest BCUT2D eigenvalue weighted by Gasteiger charge is -2.24. The molecule has 65 valence electrons. The summed E-state index contributed by atoms with van der Waals surface area (Å²) in [6, 6.07) is 8.10. The summed E-state index contributed by atoms with van der Waals surface area (Å²) in [5.41, 5.74) is 2.09. The van der Waals surface area contributed by atoms with Crippen LogP contribution in [0.5, 0.6) is 0 Å². The molecular formula is C11H11N2. The lowest BCUT2D eigenvalue weighted by molar-refractivity contribution is 0.408. The Balaban J connectivity index is 1.91. The van der Waals surface area contributed by atoms with E-state index in [0.717, 1.165) is 17.2 Å². The molecule has 0 spiro atoms. The van der Waals surface area contributed by atoms with Crippen molar-refractivity contribution >= 4 is 17.2 Å². The number of para-hydroxylation sites is 2. The Bertz CT molecular complexity index is 364. The Kier molecular flexibility index (Phi) is 1.42. The van der Waals surface area contributed by atoms with Crippen LogP contribution in [0.25, 0.3) is 0 Å². The fourth-order valence-electron chi connectivity index (χ4n) is 1.77. The monoisotopic (exact) mass is 171 g/mol. The average Bonchev–Trinajstić information content (AvgIpc) is 2.43. The van der Waals surface area contributed by atoms with Crippen molar-refractivity contribution in [3.63, 3.8) is 0 Å². The highest BCUT2D eigenvalue weighted by atomic mass is 15.1. The molecule has 2 nitrogen and oxygen atoms in total. The van der Waals surface area contributed by atoms with Crippen molar-refractivity contribution in [2.24, 2.45) is 10.9 Å². The third-order valence-electron chi connectivity index (χ3n) is 2.82. The first-order valence-corrected chi connectivity index (χ1v) is 4.83. The highest BCUT2D eigenvalue weighted by molar-refractivity contribution is 5.97. The summed E-state index contributed by atoms with van der Waals surface area (Å²) in [7, 11) is 0. The van der Waals surface area contributed by atoms with Crippen LogP contribution in [0.2, 0.25) is 0 Å². The zero-order valence-corrected chi connectivity index (χ0v) is 7.40. The number of fused-ring (bicyclic) bond motifs is 1. The van der Waals surface area contributed by atoms with Crippen molar-refractivity contribution in [2.45, 2.75) is 19.3 Å². The van der Waals surface area contributed by atoms with Crippen molar-refractivity contribution in [3.05, 3.63) is 24.3 Å². The predicted octanol–water partition coefficient (Wildman–Crippen LogP) is 2.77. The van der Waals surface area contributed by atoms with Gasteiger partial charge in [-0.05, 0) is 25.0 Å². The topological polar surface area (TPSA) is 26.5 Å². The molecule has 1 heterocycles. The maximum atomic E-state index is 4.52. The number of hydrogen-bond acceptors (Lipinski definition) is 1.